The van der Waals surface area contributed by atoms with E-state index in [0.29, 0.717) is 23.7 Å². The van der Waals surface area contributed by atoms with Gasteiger partial charge in [-0.15, -0.1) is 0 Å². The maximum atomic E-state index is 12.4. The van der Waals surface area contributed by atoms with Gasteiger partial charge in [-0.2, -0.15) is 0 Å². The Morgan fingerprint density at radius 2 is 2.10 bits per heavy atom. The molecule has 6 nitrogen and oxygen atoms in total. The smallest absolute Gasteiger partial charge is 0.310 e. The molecule has 0 amide bonds. The van der Waals surface area contributed by atoms with Crippen LogP contribution in [0.25, 0.3) is 0 Å². The Labute approximate surface area is 125 Å². The maximum Gasteiger partial charge on any atom is 0.310 e. The van der Waals surface area contributed by atoms with Gasteiger partial charge >= 0.3 is 5.69 Å². The number of nitro groups is 1. The molecular weight excluding hydrogens is 294 g/mol. The molecule has 1 N–H and O–H groups in total. The van der Waals surface area contributed by atoms with E-state index < -0.39 is 4.92 Å². The van der Waals surface area contributed by atoms with E-state index in [1.54, 1.807) is 12.1 Å². The van der Waals surface area contributed by atoms with Crippen molar-refractivity contribution >= 4 is 23.1 Å². The van der Waals surface area contributed by atoms with E-state index in [4.69, 9.17) is 11.6 Å². The summed E-state index contributed by atoms with van der Waals surface area (Å²) in [6.07, 6.45) is 0.277. The first-order valence-corrected chi connectivity index (χ1v) is 6.84. The Kier molecular flexibility index (Phi) is 3.39. The van der Waals surface area contributed by atoms with Gasteiger partial charge in [-0.1, -0.05) is 29.8 Å². The average Bonchev–Trinajstić information content (AvgIpc) is 2.93. The second-order valence-corrected chi connectivity index (χ2v) is 5.22. The highest BCUT2D eigenvalue weighted by molar-refractivity contribution is 6.31. The van der Waals surface area contributed by atoms with Crippen molar-refractivity contribution in [1.29, 1.82) is 0 Å². The van der Waals surface area contributed by atoms with Gasteiger partial charge in [0.15, 0.2) is 5.82 Å². The number of aromatic nitrogens is 1. The van der Waals surface area contributed by atoms with Gasteiger partial charge in [-0.25, -0.2) is 0 Å². The molecule has 1 aromatic heterocycles. The van der Waals surface area contributed by atoms with E-state index in [1.165, 1.54) is 10.6 Å². The maximum absolute atomic E-state index is 12.4. The highest BCUT2D eigenvalue weighted by Gasteiger charge is 2.25. The topological polar surface area (TPSA) is 77.2 Å². The Morgan fingerprint density at radius 1 is 1.33 bits per heavy atom. The van der Waals surface area contributed by atoms with Crippen LogP contribution in [0.2, 0.25) is 5.02 Å². The van der Waals surface area contributed by atoms with E-state index >= 15 is 0 Å². The molecule has 1 aliphatic heterocycles. The lowest BCUT2D eigenvalue weighted by Crippen LogP contribution is -2.23. The van der Waals surface area contributed by atoms with Crippen LogP contribution in [0.4, 0.5) is 11.5 Å². The zero-order valence-corrected chi connectivity index (χ0v) is 11.8. The summed E-state index contributed by atoms with van der Waals surface area (Å²) in [7, 11) is 0. The van der Waals surface area contributed by atoms with Gasteiger partial charge in [0.1, 0.15) is 0 Å². The van der Waals surface area contributed by atoms with E-state index in [2.05, 4.69) is 5.32 Å². The average molecular weight is 306 g/mol. The number of nitrogens with one attached hydrogen (secondary N) is 1. The van der Waals surface area contributed by atoms with Crippen molar-refractivity contribution in [1.82, 2.24) is 4.57 Å². The molecule has 21 heavy (non-hydrogen) atoms. The highest BCUT2D eigenvalue weighted by Crippen LogP contribution is 2.27. The molecule has 0 fully saturated rings. The molecule has 1 aromatic carbocycles. The lowest BCUT2D eigenvalue weighted by molar-refractivity contribution is -0.384. The van der Waals surface area contributed by atoms with Crippen LogP contribution in [-0.4, -0.2) is 16.0 Å². The first kappa shape index (κ1) is 13.6. The van der Waals surface area contributed by atoms with Crippen LogP contribution >= 0.6 is 11.6 Å². The third-order valence-electron chi connectivity index (χ3n) is 3.51. The number of nitrogens with zero attached hydrogens (tertiary/aromatic N) is 2. The van der Waals surface area contributed by atoms with Gasteiger partial charge in [-0.3, -0.25) is 19.5 Å². The first-order valence-electron chi connectivity index (χ1n) is 6.46. The van der Waals surface area contributed by atoms with Crippen LogP contribution in [0.15, 0.2) is 35.1 Å². The predicted molar refractivity (Wildman–Crippen MR) is 80.1 cm³/mol. The molecule has 3 rings (SSSR count). The van der Waals surface area contributed by atoms with Crippen LogP contribution in [0.3, 0.4) is 0 Å². The minimum absolute atomic E-state index is 0.0749. The Bertz CT molecular complexity index is 786. The fourth-order valence-electron chi connectivity index (χ4n) is 2.51. The van der Waals surface area contributed by atoms with Crippen molar-refractivity contribution in [2.24, 2.45) is 0 Å². The highest BCUT2D eigenvalue weighted by atomic mass is 35.5. The number of anilines is 1. The molecule has 0 bridgehead atoms. The second-order valence-electron chi connectivity index (χ2n) is 4.81. The normalized spacial score (nSPS) is 12.8. The molecule has 108 valence electrons. The molecule has 7 heteroatoms. The summed E-state index contributed by atoms with van der Waals surface area (Å²) < 4.78 is 1.42. The van der Waals surface area contributed by atoms with Crippen molar-refractivity contribution < 1.29 is 4.92 Å². The van der Waals surface area contributed by atoms with Crippen LogP contribution in [-0.2, 0) is 13.0 Å². The number of hydrogen-bond donors (Lipinski definition) is 1. The number of fused-ring (bicyclic) bond motifs is 1. The molecule has 0 saturated carbocycles. The fourth-order valence-corrected chi connectivity index (χ4v) is 2.71. The molecule has 2 heterocycles. The van der Waals surface area contributed by atoms with Gasteiger partial charge in [0, 0.05) is 36.2 Å². The van der Waals surface area contributed by atoms with Gasteiger partial charge in [-0.05, 0) is 11.6 Å². The number of hydrogen-bond acceptors (Lipinski definition) is 4. The third kappa shape index (κ3) is 2.38. The van der Waals surface area contributed by atoms with E-state index in [-0.39, 0.29) is 23.5 Å². The van der Waals surface area contributed by atoms with Gasteiger partial charge < -0.3 is 5.32 Å². The molecule has 0 unspecified atom stereocenters. The van der Waals surface area contributed by atoms with Crippen LogP contribution < -0.4 is 10.9 Å². The Balaban J connectivity index is 2.12. The first-order chi connectivity index (χ1) is 10.1. The summed E-state index contributed by atoms with van der Waals surface area (Å²) in [4.78, 5) is 23.1. The lowest BCUT2D eigenvalue weighted by atomic mass is 10.1. The molecule has 0 spiro atoms. The van der Waals surface area contributed by atoms with Crippen LogP contribution in [0.5, 0.6) is 0 Å². The lowest BCUT2D eigenvalue weighted by Gasteiger charge is -2.08. The van der Waals surface area contributed by atoms with Crippen molar-refractivity contribution in [3.05, 3.63) is 66.9 Å². The van der Waals surface area contributed by atoms with E-state index in [0.717, 1.165) is 5.56 Å². The second kappa shape index (κ2) is 5.21. The summed E-state index contributed by atoms with van der Waals surface area (Å²) in [5, 5.41) is 14.6. The number of halogens is 1. The predicted octanol–water partition coefficient (Wildman–Crippen LogP) is 2.43. The van der Waals surface area contributed by atoms with Crippen molar-refractivity contribution in [2.75, 3.05) is 11.9 Å². The largest absolute Gasteiger partial charge is 0.364 e. The summed E-state index contributed by atoms with van der Waals surface area (Å²) in [6, 6.07) is 8.51. The summed E-state index contributed by atoms with van der Waals surface area (Å²) in [5.74, 6) is 0.285. The van der Waals surface area contributed by atoms with Crippen LogP contribution in [0.1, 0.15) is 11.1 Å². The molecule has 0 aliphatic carbocycles. The molecule has 2 aromatic rings. The quantitative estimate of drug-likeness (QED) is 0.698. The third-order valence-corrected chi connectivity index (χ3v) is 3.88. The van der Waals surface area contributed by atoms with Gasteiger partial charge in [0.25, 0.3) is 5.56 Å². The standard InChI is InChI=1S/C14H12ClN3O3/c15-11-4-2-1-3-9(11)7-10-8-12(18(20)21)13-16-5-6-17(13)14(10)19/h1-4,8,16H,5-7H2. The minimum atomic E-state index is -0.473. The minimum Gasteiger partial charge on any atom is -0.364 e. The Morgan fingerprint density at radius 3 is 2.81 bits per heavy atom. The molecular formula is C14H12ClN3O3. The molecule has 0 atom stereocenters. The monoisotopic (exact) mass is 305 g/mol. The zero-order chi connectivity index (χ0) is 15.0. The SMILES string of the molecule is O=c1c(Cc2ccccc2Cl)cc([N+](=O)[O-])c2n1CCN2. The van der Waals surface area contributed by atoms with E-state index in [1.807, 2.05) is 12.1 Å². The summed E-state index contributed by atoms with van der Waals surface area (Å²) in [6.45, 7) is 0.955. The molecule has 1 aliphatic rings. The zero-order valence-electron chi connectivity index (χ0n) is 11.0. The summed E-state index contributed by atoms with van der Waals surface area (Å²) in [5.41, 5.74) is 0.869. The van der Waals surface area contributed by atoms with Crippen LogP contribution in [0, 0.1) is 10.1 Å². The van der Waals surface area contributed by atoms with Crippen molar-refractivity contribution in [3.63, 3.8) is 0 Å². The van der Waals surface area contributed by atoms with Gasteiger partial charge in [0.05, 0.1) is 4.92 Å². The number of benzene rings is 1. The molecule has 0 radical (unpaired) electrons. The van der Waals surface area contributed by atoms with Gasteiger partial charge in [0.2, 0.25) is 0 Å². The number of pyridine rings is 1. The molecule has 0 saturated heterocycles. The van der Waals surface area contributed by atoms with Crippen molar-refractivity contribution in [2.45, 2.75) is 13.0 Å². The fraction of sp³-hybridized carbons (Fsp3) is 0.214. The van der Waals surface area contributed by atoms with Crippen molar-refractivity contribution in [3.8, 4) is 0 Å². The van der Waals surface area contributed by atoms with E-state index in [9.17, 15) is 14.9 Å². The number of rotatable bonds is 3. The Hall–Kier alpha value is -2.34. The summed E-state index contributed by atoms with van der Waals surface area (Å²) >= 11 is 6.09.